The molecule has 4 fully saturated rings. The monoisotopic (exact) mass is 251 g/mol. The average Bonchev–Trinajstić information content (AvgIpc) is 2.63. The Kier molecular flexibility index (Phi) is 2.69. The van der Waals surface area contributed by atoms with Gasteiger partial charge in [-0.25, -0.2) is 0 Å². The summed E-state index contributed by atoms with van der Waals surface area (Å²) in [6, 6.07) is 0. The Balaban J connectivity index is 1.81. The number of rotatable bonds is 2. The van der Waals surface area contributed by atoms with Crippen LogP contribution in [0.15, 0.2) is 0 Å². The first-order valence-corrected chi connectivity index (χ1v) is 7.35. The van der Waals surface area contributed by atoms with Gasteiger partial charge in [0.25, 0.3) is 0 Å². The predicted octanol–water partition coefficient (Wildman–Crippen LogP) is 2.24. The zero-order valence-corrected chi connectivity index (χ0v) is 12.3. The molecular formula is C14H26BNO2. The van der Waals surface area contributed by atoms with Crippen molar-refractivity contribution in [3.05, 3.63) is 0 Å². The second-order valence-electron chi connectivity index (χ2n) is 7.66. The van der Waals surface area contributed by atoms with Crippen LogP contribution in [0.4, 0.5) is 0 Å². The number of hydrogen-bond acceptors (Lipinski definition) is 3. The molecule has 0 amide bonds. The highest BCUT2D eigenvalue weighted by Crippen LogP contribution is 2.65. The summed E-state index contributed by atoms with van der Waals surface area (Å²) >= 11 is 0. The quantitative estimate of drug-likeness (QED) is 0.765. The van der Waals surface area contributed by atoms with E-state index < -0.39 is 0 Å². The van der Waals surface area contributed by atoms with E-state index in [-0.39, 0.29) is 24.8 Å². The Hall–Kier alpha value is -0.0551. The molecule has 0 radical (unpaired) electrons. The van der Waals surface area contributed by atoms with Crippen LogP contribution in [-0.2, 0) is 9.31 Å². The maximum absolute atomic E-state index is 6.31. The van der Waals surface area contributed by atoms with Gasteiger partial charge in [0.15, 0.2) is 0 Å². The van der Waals surface area contributed by atoms with E-state index >= 15 is 0 Å². The van der Waals surface area contributed by atoms with Crippen LogP contribution in [0.2, 0.25) is 0 Å². The summed E-state index contributed by atoms with van der Waals surface area (Å²) in [6.45, 7) is 11.3. The highest BCUT2D eigenvalue weighted by atomic mass is 16.7. The van der Waals surface area contributed by atoms with Crippen molar-refractivity contribution in [2.45, 2.75) is 65.1 Å². The Bertz CT molecular complexity index is 360. The Morgan fingerprint density at radius 1 is 1.22 bits per heavy atom. The third-order valence-corrected chi connectivity index (χ3v) is 6.05. The number of hydrogen-bond donors (Lipinski definition) is 1. The van der Waals surface area contributed by atoms with Crippen LogP contribution in [0.1, 0.15) is 47.5 Å². The van der Waals surface area contributed by atoms with Crippen molar-refractivity contribution >= 4 is 7.12 Å². The molecule has 2 bridgehead atoms. The van der Waals surface area contributed by atoms with E-state index in [0.717, 1.165) is 12.3 Å². The van der Waals surface area contributed by atoms with E-state index in [1.807, 2.05) is 0 Å². The van der Waals surface area contributed by atoms with Gasteiger partial charge in [0.2, 0.25) is 0 Å². The molecular weight excluding hydrogens is 225 g/mol. The first-order chi connectivity index (χ1) is 8.26. The molecule has 3 nitrogen and oxygen atoms in total. The Morgan fingerprint density at radius 3 is 2.44 bits per heavy atom. The van der Waals surface area contributed by atoms with Gasteiger partial charge in [-0.3, -0.25) is 0 Å². The van der Waals surface area contributed by atoms with Crippen molar-refractivity contribution in [2.75, 3.05) is 0 Å². The summed E-state index contributed by atoms with van der Waals surface area (Å²) in [5, 5.41) is 0. The maximum Gasteiger partial charge on any atom is 0.475 e. The SMILES string of the molecule is CC(C)[C@@H](N)B1O[C@@H]2C[C@H]3C[C@H](C3(C)C)[C@]2(C)O1. The van der Waals surface area contributed by atoms with Crippen molar-refractivity contribution in [1.29, 1.82) is 0 Å². The van der Waals surface area contributed by atoms with E-state index in [2.05, 4.69) is 34.6 Å². The van der Waals surface area contributed by atoms with Gasteiger partial charge in [-0.1, -0.05) is 27.7 Å². The molecule has 4 heteroatoms. The minimum absolute atomic E-state index is 0.0206. The van der Waals surface area contributed by atoms with Crippen molar-refractivity contribution in [3.63, 3.8) is 0 Å². The molecule has 18 heavy (non-hydrogen) atoms. The minimum Gasteiger partial charge on any atom is -0.404 e. The summed E-state index contributed by atoms with van der Waals surface area (Å²) in [4.78, 5) is 0. The lowest BCUT2D eigenvalue weighted by Gasteiger charge is -2.64. The standard InChI is InChI=1S/C14H26BNO2/c1-8(2)12(16)15-17-11-7-9-6-10(13(9,3)4)14(11,5)18-15/h8-12H,6-7,16H2,1-5H3/t9-,10-,11-,12-,14+/m1/s1. The summed E-state index contributed by atoms with van der Waals surface area (Å²) < 4.78 is 12.5. The lowest BCUT2D eigenvalue weighted by molar-refractivity contribution is -0.199. The van der Waals surface area contributed by atoms with Gasteiger partial charge < -0.3 is 15.0 Å². The Labute approximate surface area is 111 Å². The fourth-order valence-electron chi connectivity index (χ4n) is 4.38. The molecule has 3 aliphatic carbocycles. The molecule has 0 aromatic carbocycles. The fourth-order valence-corrected chi connectivity index (χ4v) is 4.38. The van der Waals surface area contributed by atoms with Crippen LogP contribution < -0.4 is 5.73 Å². The first kappa shape index (κ1) is 13.0. The normalized spacial score (nSPS) is 46.8. The summed E-state index contributed by atoms with van der Waals surface area (Å²) in [5.41, 5.74) is 6.50. The van der Waals surface area contributed by atoms with Crippen molar-refractivity contribution in [1.82, 2.24) is 0 Å². The van der Waals surface area contributed by atoms with Crippen molar-refractivity contribution in [3.8, 4) is 0 Å². The number of nitrogens with two attached hydrogens (primary N) is 1. The molecule has 0 spiro atoms. The van der Waals surface area contributed by atoms with Crippen LogP contribution >= 0.6 is 0 Å². The van der Waals surface area contributed by atoms with Crippen molar-refractivity contribution in [2.24, 2.45) is 28.9 Å². The van der Waals surface area contributed by atoms with E-state index in [1.54, 1.807) is 0 Å². The molecule has 4 rings (SSSR count). The fraction of sp³-hybridized carbons (Fsp3) is 1.00. The second kappa shape index (κ2) is 3.74. The van der Waals surface area contributed by atoms with Crippen LogP contribution in [0.25, 0.3) is 0 Å². The van der Waals surface area contributed by atoms with Crippen LogP contribution in [0.5, 0.6) is 0 Å². The van der Waals surface area contributed by atoms with Gasteiger partial charge in [-0.2, -0.15) is 0 Å². The average molecular weight is 251 g/mol. The second-order valence-corrected chi connectivity index (χ2v) is 7.66. The summed E-state index contributed by atoms with van der Waals surface area (Å²) in [6.07, 6.45) is 2.69. The highest BCUT2D eigenvalue weighted by molar-refractivity contribution is 6.47. The molecule has 0 aromatic heterocycles. The highest BCUT2D eigenvalue weighted by Gasteiger charge is 2.68. The molecule has 1 heterocycles. The molecule has 5 atom stereocenters. The zero-order valence-electron chi connectivity index (χ0n) is 12.3. The van der Waals surface area contributed by atoms with Gasteiger partial charge >= 0.3 is 7.12 Å². The molecule has 1 saturated heterocycles. The topological polar surface area (TPSA) is 44.5 Å². The van der Waals surface area contributed by atoms with E-state index in [9.17, 15) is 0 Å². The largest absolute Gasteiger partial charge is 0.475 e. The molecule has 1 aliphatic heterocycles. The first-order valence-electron chi connectivity index (χ1n) is 7.35. The van der Waals surface area contributed by atoms with Crippen molar-refractivity contribution < 1.29 is 9.31 Å². The summed E-state index contributed by atoms with van der Waals surface area (Å²) in [7, 11) is -0.213. The zero-order chi connectivity index (χ0) is 13.3. The molecule has 2 N–H and O–H groups in total. The summed E-state index contributed by atoms with van der Waals surface area (Å²) in [5.74, 6) is 1.80. The third-order valence-electron chi connectivity index (χ3n) is 6.05. The molecule has 3 saturated carbocycles. The third kappa shape index (κ3) is 1.49. The van der Waals surface area contributed by atoms with E-state index in [1.165, 1.54) is 6.42 Å². The van der Waals surface area contributed by atoms with Crippen LogP contribution in [-0.4, -0.2) is 24.8 Å². The Morgan fingerprint density at radius 2 is 1.89 bits per heavy atom. The smallest absolute Gasteiger partial charge is 0.404 e. The van der Waals surface area contributed by atoms with Gasteiger partial charge in [0, 0.05) is 5.94 Å². The lowest BCUT2D eigenvalue weighted by Crippen LogP contribution is -2.65. The molecule has 4 aliphatic rings. The van der Waals surface area contributed by atoms with Gasteiger partial charge in [-0.15, -0.1) is 0 Å². The van der Waals surface area contributed by atoms with E-state index in [4.69, 9.17) is 15.0 Å². The minimum atomic E-state index is -0.213. The molecule has 0 unspecified atom stereocenters. The van der Waals surface area contributed by atoms with Gasteiger partial charge in [0.1, 0.15) is 0 Å². The van der Waals surface area contributed by atoms with Crippen LogP contribution in [0, 0.1) is 23.2 Å². The van der Waals surface area contributed by atoms with Gasteiger partial charge in [0.05, 0.1) is 11.7 Å². The van der Waals surface area contributed by atoms with Gasteiger partial charge in [-0.05, 0) is 42.9 Å². The molecule has 0 aromatic rings. The lowest BCUT2D eigenvalue weighted by atomic mass is 9.43. The van der Waals surface area contributed by atoms with E-state index in [0.29, 0.717) is 17.3 Å². The predicted molar refractivity (Wildman–Crippen MR) is 72.9 cm³/mol. The van der Waals surface area contributed by atoms with Crippen LogP contribution in [0.3, 0.4) is 0 Å². The maximum atomic E-state index is 6.31. The molecule has 102 valence electrons.